The summed E-state index contributed by atoms with van der Waals surface area (Å²) in [7, 11) is 0. The quantitative estimate of drug-likeness (QED) is 0.492. The van der Waals surface area contributed by atoms with Crippen LogP contribution in [0.1, 0.15) is 12.5 Å². The highest BCUT2D eigenvalue weighted by molar-refractivity contribution is 7.73. The molecular weight excluding hydrogens is 426 g/mol. The van der Waals surface area contributed by atoms with E-state index >= 15 is 0 Å². The number of aromatic nitrogens is 1. The lowest BCUT2D eigenvalue weighted by atomic mass is 10.1. The molecule has 162 valence electrons. The van der Waals surface area contributed by atoms with Crippen molar-refractivity contribution in [1.29, 1.82) is 0 Å². The van der Waals surface area contributed by atoms with Crippen molar-refractivity contribution in [2.24, 2.45) is 0 Å². The number of benzene rings is 2. The maximum absolute atomic E-state index is 13.1. The molecule has 3 aromatic rings. The molecule has 0 saturated carbocycles. The predicted octanol–water partition coefficient (Wildman–Crippen LogP) is 5.00. The van der Waals surface area contributed by atoms with Crippen LogP contribution in [-0.4, -0.2) is 48.2 Å². The van der Waals surface area contributed by atoms with Crippen molar-refractivity contribution in [3.05, 3.63) is 63.4 Å². The van der Waals surface area contributed by atoms with E-state index in [4.69, 9.17) is 17.0 Å². The Kier molecular flexibility index (Phi) is 6.73. The van der Waals surface area contributed by atoms with Crippen molar-refractivity contribution >= 4 is 35.1 Å². The minimum atomic E-state index is 0.112. The summed E-state index contributed by atoms with van der Waals surface area (Å²) in [5, 5.41) is 2.04. The lowest BCUT2D eigenvalue weighted by Gasteiger charge is -2.36. The molecule has 4 rings (SSSR count). The minimum Gasteiger partial charge on any atom is -0.492 e. The van der Waals surface area contributed by atoms with Gasteiger partial charge in [0.05, 0.1) is 18.0 Å². The summed E-state index contributed by atoms with van der Waals surface area (Å²) >= 11 is 7.04. The molecule has 0 atom stereocenters. The molecule has 1 fully saturated rings. The number of carbonyl (C=O) groups is 1. The van der Waals surface area contributed by atoms with Crippen LogP contribution in [0.4, 0.5) is 5.69 Å². The monoisotopic (exact) mass is 453 g/mol. The first kappa shape index (κ1) is 21.6. The standard InChI is InChI=1S/C24H27N3O2S2/c1-3-29-22-7-5-4-6-20(22)25-12-14-26(15-13-25)23(28)16-27-21(17-31-24(27)30)19-10-8-18(2)9-11-19/h4-11,17H,3,12-16H2,1-2H3. The zero-order valence-electron chi connectivity index (χ0n) is 17.9. The van der Waals surface area contributed by atoms with Gasteiger partial charge in [-0.25, -0.2) is 0 Å². The summed E-state index contributed by atoms with van der Waals surface area (Å²) in [6.07, 6.45) is 0. The third-order valence-corrected chi connectivity index (χ3v) is 6.83. The van der Waals surface area contributed by atoms with Gasteiger partial charge in [0, 0.05) is 31.6 Å². The van der Waals surface area contributed by atoms with Gasteiger partial charge in [-0.15, -0.1) is 11.3 Å². The molecule has 2 heterocycles. The lowest BCUT2D eigenvalue weighted by Crippen LogP contribution is -2.49. The van der Waals surface area contributed by atoms with E-state index in [1.165, 1.54) is 16.9 Å². The summed E-state index contributed by atoms with van der Waals surface area (Å²) in [6.45, 7) is 7.94. The number of anilines is 1. The van der Waals surface area contributed by atoms with Gasteiger partial charge < -0.3 is 19.1 Å². The fourth-order valence-corrected chi connectivity index (χ4v) is 4.93. The van der Waals surface area contributed by atoms with E-state index in [1.54, 1.807) is 0 Å². The lowest BCUT2D eigenvalue weighted by molar-refractivity contribution is -0.132. The molecule has 1 amide bonds. The Hall–Kier alpha value is -2.64. The first-order valence-corrected chi connectivity index (χ1v) is 11.9. The fraction of sp³-hybridized carbons (Fsp3) is 0.333. The van der Waals surface area contributed by atoms with E-state index in [9.17, 15) is 4.79 Å². The summed E-state index contributed by atoms with van der Waals surface area (Å²) in [4.78, 5) is 17.3. The molecule has 1 saturated heterocycles. The normalized spacial score (nSPS) is 14.0. The van der Waals surface area contributed by atoms with E-state index in [0.29, 0.717) is 19.7 Å². The topological polar surface area (TPSA) is 37.7 Å². The van der Waals surface area contributed by atoms with Gasteiger partial charge >= 0.3 is 0 Å². The number of aryl methyl sites for hydroxylation is 1. The number of piperazine rings is 1. The van der Waals surface area contributed by atoms with Gasteiger partial charge in [-0.05, 0) is 43.8 Å². The SMILES string of the molecule is CCOc1ccccc1N1CCN(C(=O)Cn2c(-c3ccc(C)cc3)csc2=S)CC1. The molecule has 1 aromatic heterocycles. The Labute approximate surface area is 192 Å². The number of thiazole rings is 1. The van der Waals surface area contributed by atoms with Crippen molar-refractivity contribution in [1.82, 2.24) is 9.47 Å². The Morgan fingerprint density at radius 2 is 1.77 bits per heavy atom. The van der Waals surface area contributed by atoms with E-state index < -0.39 is 0 Å². The van der Waals surface area contributed by atoms with Crippen molar-refractivity contribution in [3.63, 3.8) is 0 Å². The average Bonchev–Trinajstić information content (AvgIpc) is 3.15. The largest absolute Gasteiger partial charge is 0.492 e. The number of hydrogen-bond donors (Lipinski definition) is 0. The van der Waals surface area contributed by atoms with Gasteiger partial charge in [-0.2, -0.15) is 0 Å². The number of carbonyl (C=O) groups excluding carboxylic acids is 1. The van der Waals surface area contributed by atoms with Crippen molar-refractivity contribution in [2.75, 3.05) is 37.7 Å². The number of amides is 1. The van der Waals surface area contributed by atoms with Crippen LogP contribution < -0.4 is 9.64 Å². The minimum absolute atomic E-state index is 0.112. The Morgan fingerprint density at radius 1 is 1.06 bits per heavy atom. The highest BCUT2D eigenvalue weighted by atomic mass is 32.1. The summed E-state index contributed by atoms with van der Waals surface area (Å²) in [6, 6.07) is 16.4. The molecule has 0 N–H and O–H groups in total. The van der Waals surface area contributed by atoms with Crippen LogP contribution in [0.25, 0.3) is 11.3 Å². The van der Waals surface area contributed by atoms with Crippen LogP contribution in [0, 0.1) is 10.9 Å². The third kappa shape index (κ3) is 4.83. The van der Waals surface area contributed by atoms with Gasteiger partial charge in [-0.3, -0.25) is 4.79 Å². The molecule has 0 bridgehead atoms. The van der Waals surface area contributed by atoms with Crippen LogP contribution in [0.15, 0.2) is 53.9 Å². The molecular formula is C24H27N3O2S2. The molecule has 1 aliphatic rings. The molecule has 0 spiro atoms. The smallest absolute Gasteiger partial charge is 0.242 e. The number of rotatable bonds is 6. The van der Waals surface area contributed by atoms with E-state index in [0.717, 1.165) is 39.7 Å². The van der Waals surface area contributed by atoms with Crippen molar-refractivity contribution in [2.45, 2.75) is 20.4 Å². The molecule has 0 aliphatic carbocycles. The molecule has 1 aliphatic heterocycles. The molecule has 31 heavy (non-hydrogen) atoms. The van der Waals surface area contributed by atoms with Gasteiger partial charge in [0.2, 0.25) is 5.91 Å². The summed E-state index contributed by atoms with van der Waals surface area (Å²) in [5.41, 5.74) is 4.40. The van der Waals surface area contributed by atoms with Gasteiger partial charge in [0.1, 0.15) is 12.3 Å². The van der Waals surface area contributed by atoms with Gasteiger partial charge in [-0.1, -0.05) is 42.0 Å². The zero-order valence-corrected chi connectivity index (χ0v) is 19.5. The molecule has 2 aromatic carbocycles. The summed E-state index contributed by atoms with van der Waals surface area (Å²) < 4.78 is 8.47. The van der Waals surface area contributed by atoms with Crippen molar-refractivity contribution in [3.8, 4) is 17.0 Å². The number of hydrogen-bond acceptors (Lipinski definition) is 5. The van der Waals surface area contributed by atoms with Gasteiger partial charge in [0.25, 0.3) is 0 Å². The predicted molar refractivity (Wildman–Crippen MR) is 130 cm³/mol. The number of ether oxygens (including phenoxy) is 1. The second kappa shape index (κ2) is 9.66. The maximum Gasteiger partial charge on any atom is 0.242 e. The highest BCUT2D eigenvalue weighted by Crippen LogP contribution is 2.29. The molecule has 0 radical (unpaired) electrons. The van der Waals surface area contributed by atoms with Crippen LogP contribution in [0.3, 0.4) is 0 Å². The van der Waals surface area contributed by atoms with E-state index in [-0.39, 0.29) is 12.5 Å². The zero-order chi connectivity index (χ0) is 21.8. The highest BCUT2D eigenvalue weighted by Gasteiger charge is 2.24. The van der Waals surface area contributed by atoms with Gasteiger partial charge in [0.15, 0.2) is 3.95 Å². The second-order valence-corrected chi connectivity index (χ2v) is 9.11. The Balaban J connectivity index is 1.43. The van der Waals surface area contributed by atoms with E-state index in [1.807, 2.05) is 40.0 Å². The fourth-order valence-electron chi connectivity index (χ4n) is 3.86. The number of para-hydroxylation sites is 2. The van der Waals surface area contributed by atoms with Crippen LogP contribution in [0.2, 0.25) is 0 Å². The van der Waals surface area contributed by atoms with Crippen LogP contribution in [0.5, 0.6) is 5.75 Å². The van der Waals surface area contributed by atoms with Crippen molar-refractivity contribution < 1.29 is 9.53 Å². The summed E-state index contributed by atoms with van der Waals surface area (Å²) in [5.74, 6) is 1.01. The Morgan fingerprint density at radius 3 is 2.48 bits per heavy atom. The second-order valence-electron chi connectivity index (χ2n) is 7.61. The molecule has 5 nitrogen and oxygen atoms in total. The maximum atomic E-state index is 13.1. The first-order chi connectivity index (χ1) is 15.1. The Bertz CT molecular complexity index is 1100. The number of nitrogens with zero attached hydrogens (tertiary/aromatic N) is 3. The molecule has 0 unspecified atom stereocenters. The molecule has 7 heteroatoms. The van der Waals surface area contributed by atoms with Crippen LogP contribution >= 0.6 is 23.6 Å². The van der Waals surface area contributed by atoms with E-state index in [2.05, 4.69) is 42.2 Å². The average molecular weight is 454 g/mol. The first-order valence-electron chi connectivity index (χ1n) is 10.6. The van der Waals surface area contributed by atoms with Crippen LogP contribution in [-0.2, 0) is 11.3 Å². The third-order valence-electron chi connectivity index (χ3n) is 5.56.